The molecule has 0 aliphatic carbocycles. The molecule has 0 spiro atoms. The lowest BCUT2D eigenvalue weighted by molar-refractivity contribution is 0.282. The first-order valence-electron chi connectivity index (χ1n) is 3.21. The Morgan fingerprint density at radius 2 is 1.91 bits per heavy atom. The van der Waals surface area contributed by atoms with E-state index in [9.17, 15) is 0 Å². The molecule has 0 unspecified atom stereocenters. The fourth-order valence-electron chi connectivity index (χ4n) is 0.808. The van der Waals surface area contributed by atoms with Crippen molar-refractivity contribution in [1.29, 1.82) is 0 Å². The van der Waals surface area contributed by atoms with Gasteiger partial charge in [-0.05, 0) is 18.1 Å². The van der Waals surface area contributed by atoms with Gasteiger partial charge in [0.25, 0.3) is 0 Å². The first-order valence-corrected chi connectivity index (χ1v) is 3.96. The molecule has 0 radical (unpaired) electrons. The largest absolute Gasteiger partial charge is 0.392 e. The Hall–Kier alpha value is -0.240. The molecule has 0 aliphatic heterocycles. The molecule has 60 valence electrons. The maximum Gasteiger partial charge on any atom is 0.0696 e. The highest BCUT2D eigenvalue weighted by Gasteiger charge is 2.05. The van der Waals surface area contributed by atoms with Crippen molar-refractivity contribution in [2.24, 2.45) is 0 Å². The second-order valence-electron chi connectivity index (χ2n) is 2.33. The molecule has 0 heterocycles. The highest BCUT2D eigenvalue weighted by atomic mass is 35.5. The smallest absolute Gasteiger partial charge is 0.0696 e. The van der Waals surface area contributed by atoms with Crippen LogP contribution < -0.4 is 0 Å². The van der Waals surface area contributed by atoms with E-state index in [0.29, 0.717) is 15.6 Å². The lowest BCUT2D eigenvalue weighted by atomic mass is 10.1. The summed E-state index contributed by atoms with van der Waals surface area (Å²) in [5.74, 6) is 0. The molecule has 0 saturated heterocycles. The third-order valence-electron chi connectivity index (χ3n) is 1.53. The summed E-state index contributed by atoms with van der Waals surface area (Å²) >= 11 is 11.6. The van der Waals surface area contributed by atoms with Gasteiger partial charge in [0.1, 0.15) is 0 Å². The van der Waals surface area contributed by atoms with Crippen LogP contribution >= 0.6 is 23.2 Å². The van der Waals surface area contributed by atoms with Crippen molar-refractivity contribution in [3.05, 3.63) is 33.3 Å². The maximum absolute atomic E-state index is 8.79. The number of benzene rings is 1. The molecule has 1 rings (SSSR count). The SMILES string of the molecule is Cc1ccc(CO)c(Cl)c1Cl. The number of aliphatic hydroxyl groups excluding tert-OH is 1. The molecule has 0 aliphatic rings. The second-order valence-corrected chi connectivity index (χ2v) is 3.08. The molecule has 1 nitrogen and oxygen atoms in total. The van der Waals surface area contributed by atoms with Gasteiger partial charge in [-0.1, -0.05) is 35.3 Å². The van der Waals surface area contributed by atoms with Gasteiger partial charge < -0.3 is 5.11 Å². The van der Waals surface area contributed by atoms with Crippen molar-refractivity contribution < 1.29 is 5.11 Å². The van der Waals surface area contributed by atoms with Crippen LogP contribution in [0, 0.1) is 6.92 Å². The number of aryl methyl sites for hydroxylation is 1. The van der Waals surface area contributed by atoms with Crippen LogP contribution in [0.2, 0.25) is 10.0 Å². The molecular formula is C8H8Cl2O. The van der Waals surface area contributed by atoms with Crippen molar-refractivity contribution in [2.45, 2.75) is 13.5 Å². The Morgan fingerprint density at radius 1 is 1.27 bits per heavy atom. The van der Waals surface area contributed by atoms with Crippen LogP contribution in [0.25, 0.3) is 0 Å². The van der Waals surface area contributed by atoms with Crippen LogP contribution in [0.15, 0.2) is 12.1 Å². The first-order chi connectivity index (χ1) is 5.16. The molecule has 0 fully saturated rings. The zero-order valence-electron chi connectivity index (χ0n) is 6.06. The summed E-state index contributed by atoms with van der Waals surface area (Å²) in [4.78, 5) is 0. The van der Waals surface area contributed by atoms with Gasteiger partial charge in [0.15, 0.2) is 0 Å². The average Bonchev–Trinajstić information content (AvgIpc) is 2.01. The Bertz CT molecular complexity index is 271. The molecule has 11 heavy (non-hydrogen) atoms. The Labute approximate surface area is 75.6 Å². The van der Waals surface area contributed by atoms with E-state index in [1.165, 1.54) is 0 Å². The quantitative estimate of drug-likeness (QED) is 0.723. The Balaban J connectivity index is 3.25. The van der Waals surface area contributed by atoms with Gasteiger partial charge in [-0.15, -0.1) is 0 Å². The molecule has 0 saturated carbocycles. The summed E-state index contributed by atoms with van der Waals surface area (Å²) in [5, 5.41) is 9.77. The number of rotatable bonds is 1. The predicted octanol–water partition coefficient (Wildman–Crippen LogP) is 2.79. The van der Waals surface area contributed by atoms with E-state index >= 15 is 0 Å². The van der Waals surface area contributed by atoms with E-state index in [4.69, 9.17) is 28.3 Å². The number of aliphatic hydroxyl groups is 1. The van der Waals surface area contributed by atoms with Crippen molar-refractivity contribution in [3.8, 4) is 0 Å². The standard InChI is InChI=1S/C8H8Cl2O/c1-5-2-3-6(4-11)8(10)7(5)9/h2-3,11H,4H2,1H3. The summed E-state index contributed by atoms with van der Waals surface area (Å²) in [5.41, 5.74) is 1.59. The lowest BCUT2D eigenvalue weighted by Gasteiger charge is -2.04. The monoisotopic (exact) mass is 190 g/mol. The van der Waals surface area contributed by atoms with Crippen molar-refractivity contribution in [2.75, 3.05) is 0 Å². The summed E-state index contributed by atoms with van der Waals surface area (Å²) in [6.07, 6.45) is 0. The minimum Gasteiger partial charge on any atom is -0.392 e. The van der Waals surface area contributed by atoms with E-state index in [0.717, 1.165) is 5.56 Å². The molecular weight excluding hydrogens is 183 g/mol. The highest BCUT2D eigenvalue weighted by Crippen LogP contribution is 2.28. The average molecular weight is 191 g/mol. The van der Waals surface area contributed by atoms with E-state index in [-0.39, 0.29) is 6.61 Å². The summed E-state index contributed by atoms with van der Waals surface area (Å²) in [6, 6.07) is 3.60. The van der Waals surface area contributed by atoms with E-state index < -0.39 is 0 Å². The molecule has 3 heteroatoms. The minimum absolute atomic E-state index is 0.0706. The Kier molecular flexibility index (Phi) is 2.77. The van der Waals surface area contributed by atoms with Crippen LogP contribution in [0.5, 0.6) is 0 Å². The zero-order chi connectivity index (χ0) is 8.43. The normalized spacial score (nSPS) is 10.2. The van der Waals surface area contributed by atoms with Gasteiger partial charge in [-0.25, -0.2) is 0 Å². The molecule has 0 atom stereocenters. The van der Waals surface area contributed by atoms with Crippen molar-refractivity contribution >= 4 is 23.2 Å². The zero-order valence-corrected chi connectivity index (χ0v) is 7.58. The van der Waals surface area contributed by atoms with Crippen LogP contribution in [0.1, 0.15) is 11.1 Å². The third-order valence-corrected chi connectivity index (χ3v) is 2.54. The van der Waals surface area contributed by atoms with Crippen molar-refractivity contribution in [3.63, 3.8) is 0 Å². The molecule has 0 amide bonds. The van der Waals surface area contributed by atoms with E-state index in [2.05, 4.69) is 0 Å². The molecule has 1 aromatic carbocycles. The minimum atomic E-state index is -0.0706. The maximum atomic E-state index is 8.79. The third kappa shape index (κ3) is 1.67. The highest BCUT2D eigenvalue weighted by molar-refractivity contribution is 6.42. The van der Waals surface area contributed by atoms with E-state index in [1.807, 2.05) is 13.0 Å². The van der Waals surface area contributed by atoms with Crippen molar-refractivity contribution in [1.82, 2.24) is 0 Å². The predicted molar refractivity (Wildman–Crippen MR) is 47.1 cm³/mol. The first kappa shape index (κ1) is 8.85. The van der Waals surface area contributed by atoms with Crippen LogP contribution in [0.3, 0.4) is 0 Å². The second kappa shape index (κ2) is 3.44. The van der Waals surface area contributed by atoms with Crippen LogP contribution in [-0.2, 0) is 6.61 Å². The number of hydrogen-bond acceptors (Lipinski definition) is 1. The van der Waals surface area contributed by atoms with E-state index in [1.54, 1.807) is 6.07 Å². The van der Waals surface area contributed by atoms with Crippen LogP contribution in [-0.4, -0.2) is 5.11 Å². The van der Waals surface area contributed by atoms with Gasteiger partial charge in [0.05, 0.1) is 16.7 Å². The van der Waals surface area contributed by atoms with Gasteiger partial charge in [0.2, 0.25) is 0 Å². The summed E-state index contributed by atoms with van der Waals surface area (Å²) in [7, 11) is 0. The number of hydrogen-bond donors (Lipinski definition) is 1. The molecule has 0 bridgehead atoms. The summed E-state index contributed by atoms with van der Waals surface area (Å²) in [6.45, 7) is 1.80. The Morgan fingerprint density at radius 3 is 2.45 bits per heavy atom. The van der Waals surface area contributed by atoms with Crippen LogP contribution in [0.4, 0.5) is 0 Å². The van der Waals surface area contributed by atoms with Gasteiger partial charge >= 0.3 is 0 Å². The van der Waals surface area contributed by atoms with Gasteiger partial charge in [-0.3, -0.25) is 0 Å². The van der Waals surface area contributed by atoms with Gasteiger partial charge in [0, 0.05) is 0 Å². The van der Waals surface area contributed by atoms with Gasteiger partial charge in [-0.2, -0.15) is 0 Å². The fraction of sp³-hybridized carbons (Fsp3) is 0.250. The topological polar surface area (TPSA) is 20.2 Å². The summed E-state index contributed by atoms with van der Waals surface area (Å²) < 4.78 is 0. The number of halogens is 2. The molecule has 0 aromatic heterocycles. The fourth-order valence-corrected chi connectivity index (χ4v) is 1.26. The molecule has 1 aromatic rings. The molecule has 1 N–H and O–H groups in total. The lowest BCUT2D eigenvalue weighted by Crippen LogP contribution is -1.87.